The minimum Gasteiger partial charge on any atom is -0.450 e. The van der Waals surface area contributed by atoms with Crippen LogP contribution in [0.25, 0.3) is 0 Å². The van der Waals surface area contributed by atoms with Gasteiger partial charge in [-0.25, -0.2) is 4.79 Å². The highest BCUT2D eigenvalue weighted by Crippen LogP contribution is 2.15. The van der Waals surface area contributed by atoms with E-state index in [1.165, 1.54) is 4.90 Å². The van der Waals surface area contributed by atoms with Crippen molar-refractivity contribution in [2.45, 2.75) is 18.9 Å². The van der Waals surface area contributed by atoms with E-state index in [4.69, 9.17) is 4.74 Å². The number of hydrogen-bond donors (Lipinski definition) is 2. The van der Waals surface area contributed by atoms with Gasteiger partial charge in [-0.3, -0.25) is 0 Å². The summed E-state index contributed by atoms with van der Waals surface area (Å²) in [4.78, 5) is 12.7. The van der Waals surface area contributed by atoms with Crippen LogP contribution >= 0.6 is 0 Å². The smallest absolute Gasteiger partial charge is 0.409 e. The average Bonchev–Trinajstić information content (AvgIpc) is 2.52. The van der Waals surface area contributed by atoms with Gasteiger partial charge in [-0.15, -0.1) is 0 Å². The van der Waals surface area contributed by atoms with Gasteiger partial charge in [0.2, 0.25) is 0 Å². The highest BCUT2D eigenvalue weighted by Gasteiger charge is 2.33. The Morgan fingerprint density at radius 1 is 1.71 bits per heavy atom. The maximum absolute atomic E-state index is 11.2. The van der Waals surface area contributed by atoms with Gasteiger partial charge in [0.25, 0.3) is 0 Å². The Morgan fingerprint density at radius 2 is 2.43 bits per heavy atom. The molecule has 0 bridgehead atoms. The summed E-state index contributed by atoms with van der Waals surface area (Å²) in [5.74, 6) is 0. The molecule has 0 spiro atoms. The number of nitrogens with one attached hydrogen (secondary N) is 1. The molecule has 0 aromatic carbocycles. The number of amides is 1. The van der Waals surface area contributed by atoms with E-state index in [-0.39, 0.29) is 6.09 Å². The Labute approximate surface area is 84.0 Å². The summed E-state index contributed by atoms with van der Waals surface area (Å²) in [6.07, 6.45) is 0.296. The van der Waals surface area contributed by atoms with Gasteiger partial charge in [-0.2, -0.15) is 0 Å². The summed E-state index contributed by atoms with van der Waals surface area (Å²) in [5.41, 5.74) is -0.790. The molecule has 1 saturated heterocycles. The van der Waals surface area contributed by atoms with Crippen LogP contribution < -0.4 is 5.32 Å². The molecule has 0 aliphatic carbocycles. The lowest BCUT2D eigenvalue weighted by atomic mass is 10.0. The van der Waals surface area contributed by atoms with Gasteiger partial charge >= 0.3 is 6.09 Å². The van der Waals surface area contributed by atoms with E-state index >= 15 is 0 Å². The molecule has 1 fully saturated rings. The Bertz CT molecular complexity index is 202. The van der Waals surface area contributed by atoms with Crippen molar-refractivity contribution in [2.24, 2.45) is 0 Å². The zero-order chi connectivity index (χ0) is 10.6. The number of ether oxygens (including phenoxy) is 1. The zero-order valence-electron chi connectivity index (χ0n) is 8.75. The second kappa shape index (κ2) is 4.61. The number of carbonyl (C=O) groups excluding carboxylic acids is 1. The maximum Gasteiger partial charge on any atom is 0.409 e. The van der Waals surface area contributed by atoms with Crippen LogP contribution in [-0.2, 0) is 4.74 Å². The lowest BCUT2D eigenvalue weighted by molar-refractivity contribution is 0.0237. The van der Waals surface area contributed by atoms with Gasteiger partial charge in [0.1, 0.15) is 0 Å². The molecule has 1 unspecified atom stereocenters. The zero-order valence-corrected chi connectivity index (χ0v) is 8.75. The quantitative estimate of drug-likeness (QED) is 0.665. The number of hydrogen-bond acceptors (Lipinski definition) is 4. The van der Waals surface area contributed by atoms with Gasteiger partial charge in [-0.05, 0) is 19.9 Å². The first-order valence-corrected chi connectivity index (χ1v) is 4.88. The summed E-state index contributed by atoms with van der Waals surface area (Å²) < 4.78 is 4.81. The van der Waals surface area contributed by atoms with Crippen LogP contribution in [0.2, 0.25) is 0 Å². The number of aliphatic hydroxyl groups is 1. The molecule has 82 valence electrons. The summed E-state index contributed by atoms with van der Waals surface area (Å²) in [7, 11) is 1.63. The Hall–Kier alpha value is -0.810. The van der Waals surface area contributed by atoms with Crippen LogP contribution in [-0.4, -0.2) is 55.0 Å². The molecule has 1 heterocycles. The van der Waals surface area contributed by atoms with Crippen LogP contribution in [0, 0.1) is 0 Å². The second-order valence-electron chi connectivity index (χ2n) is 3.71. The van der Waals surface area contributed by atoms with Crippen molar-refractivity contribution >= 4 is 6.09 Å². The molecule has 14 heavy (non-hydrogen) atoms. The molecule has 0 aromatic rings. The van der Waals surface area contributed by atoms with Crippen LogP contribution in [0.3, 0.4) is 0 Å². The monoisotopic (exact) mass is 202 g/mol. The summed E-state index contributed by atoms with van der Waals surface area (Å²) >= 11 is 0. The lowest BCUT2D eigenvalue weighted by Gasteiger charge is -2.27. The minimum atomic E-state index is -0.790. The molecule has 1 aliphatic heterocycles. The number of carbonyl (C=O) groups is 1. The van der Waals surface area contributed by atoms with Crippen LogP contribution in [0.5, 0.6) is 0 Å². The van der Waals surface area contributed by atoms with Crippen molar-refractivity contribution in [1.82, 2.24) is 10.2 Å². The fourth-order valence-electron chi connectivity index (χ4n) is 1.61. The number of nitrogens with zero attached hydrogens (tertiary/aromatic N) is 1. The molecule has 1 amide bonds. The predicted octanol–water partition coefficient (Wildman–Crippen LogP) is -0.201. The molecule has 1 rings (SSSR count). The Morgan fingerprint density at radius 3 is 2.93 bits per heavy atom. The van der Waals surface area contributed by atoms with E-state index in [1.807, 2.05) is 0 Å². The number of rotatable bonds is 3. The fourth-order valence-corrected chi connectivity index (χ4v) is 1.61. The molecule has 1 atom stereocenters. The van der Waals surface area contributed by atoms with E-state index in [1.54, 1.807) is 14.0 Å². The molecule has 5 nitrogen and oxygen atoms in total. The third-order valence-electron chi connectivity index (χ3n) is 2.33. The fraction of sp³-hybridized carbons (Fsp3) is 0.889. The summed E-state index contributed by atoms with van der Waals surface area (Å²) in [6.45, 7) is 3.78. The van der Waals surface area contributed by atoms with Crippen molar-refractivity contribution in [3.05, 3.63) is 0 Å². The number of β-amino-alcohol motifs (C(OH)–C–C–N with tert-alkyl or cyclic N) is 1. The number of likely N-dealkylation sites (N-methyl/N-ethyl adjacent to an activating group) is 1. The van der Waals surface area contributed by atoms with Crippen LogP contribution in [0.1, 0.15) is 13.3 Å². The van der Waals surface area contributed by atoms with Crippen molar-refractivity contribution in [1.29, 1.82) is 0 Å². The largest absolute Gasteiger partial charge is 0.450 e. The molecule has 0 aromatic heterocycles. The van der Waals surface area contributed by atoms with E-state index in [0.29, 0.717) is 26.1 Å². The lowest BCUT2D eigenvalue weighted by Crippen LogP contribution is -2.45. The van der Waals surface area contributed by atoms with E-state index in [9.17, 15) is 9.90 Å². The highest BCUT2D eigenvalue weighted by atomic mass is 16.6. The molecule has 0 radical (unpaired) electrons. The van der Waals surface area contributed by atoms with Gasteiger partial charge in [-0.1, -0.05) is 0 Å². The summed E-state index contributed by atoms with van der Waals surface area (Å²) in [6, 6.07) is 0. The first kappa shape index (κ1) is 11.3. The van der Waals surface area contributed by atoms with Gasteiger partial charge < -0.3 is 20.1 Å². The molecule has 5 heteroatoms. The Kier molecular flexibility index (Phi) is 3.71. The van der Waals surface area contributed by atoms with Gasteiger partial charge in [0.15, 0.2) is 0 Å². The molecular weight excluding hydrogens is 184 g/mol. The predicted molar refractivity (Wildman–Crippen MR) is 52.1 cm³/mol. The SMILES string of the molecule is CCOC(=O)N(C)CC1(O)CCNC1. The molecule has 2 N–H and O–H groups in total. The van der Waals surface area contributed by atoms with Crippen LogP contribution in [0.4, 0.5) is 4.79 Å². The highest BCUT2D eigenvalue weighted by molar-refractivity contribution is 5.67. The molecule has 1 aliphatic rings. The first-order chi connectivity index (χ1) is 6.57. The van der Waals surface area contributed by atoms with Gasteiger partial charge in [0.05, 0.1) is 18.8 Å². The third kappa shape index (κ3) is 2.85. The van der Waals surface area contributed by atoms with Crippen molar-refractivity contribution in [3.63, 3.8) is 0 Å². The standard InChI is InChI=1S/C9H18N2O3/c1-3-14-8(12)11(2)7-9(13)4-5-10-6-9/h10,13H,3-7H2,1-2H3. The van der Waals surface area contributed by atoms with E-state index in [2.05, 4.69) is 5.32 Å². The third-order valence-corrected chi connectivity index (χ3v) is 2.33. The molecular formula is C9H18N2O3. The normalized spacial score (nSPS) is 26.2. The van der Waals surface area contributed by atoms with Crippen molar-refractivity contribution in [2.75, 3.05) is 33.3 Å². The van der Waals surface area contributed by atoms with Crippen molar-refractivity contribution < 1.29 is 14.6 Å². The van der Waals surface area contributed by atoms with Crippen LogP contribution in [0.15, 0.2) is 0 Å². The first-order valence-electron chi connectivity index (χ1n) is 4.88. The Balaban J connectivity index is 2.38. The summed E-state index contributed by atoms with van der Waals surface area (Å²) in [5, 5.41) is 13.0. The topological polar surface area (TPSA) is 61.8 Å². The minimum absolute atomic E-state index is 0.318. The maximum atomic E-state index is 11.2. The van der Waals surface area contributed by atoms with E-state index < -0.39 is 5.60 Å². The molecule has 0 saturated carbocycles. The van der Waals surface area contributed by atoms with E-state index in [0.717, 1.165) is 6.54 Å². The van der Waals surface area contributed by atoms with Gasteiger partial charge in [0, 0.05) is 13.6 Å². The van der Waals surface area contributed by atoms with Crippen molar-refractivity contribution in [3.8, 4) is 0 Å². The average molecular weight is 202 g/mol. The second-order valence-corrected chi connectivity index (χ2v) is 3.71.